The van der Waals surface area contributed by atoms with Crippen LogP contribution in [-0.2, 0) is 14.8 Å². The topological polar surface area (TPSA) is 84.5 Å². The Morgan fingerprint density at radius 1 is 1.16 bits per heavy atom. The van der Waals surface area contributed by atoms with E-state index in [0.29, 0.717) is 16.8 Å². The van der Waals surface area contributed by atoms with Crippen molar-refractivity contribution in [2.45, 2.75) is 24.8 Å². The Morgan fingerprint density at radius 2 is 1.84 bits per heavy atom. The van der Waals surface area contributed by atoms with Gasteiger partial charge in [-0.1, -0.05) is 18.2 Å². The van der Waals surface area contributed by atoms with Crippen LogP contribution in [0.15, 0.2) is 53.4 Å². The fraction of sp³-hybridized carbons (Fsp3) is 0.278. The number of rotatable bonds is 7. The molecule has 25 heavy (non-hydrogen) atoms. The average molecular weight is 362 g/mol. The SMILES string of the molecule is COC[C@H](C)NS(=O)(=O)c1ccc(NC(=O)c2ccccc2)c(C)c1. The van der Waals surface area contributed by atoms with Gasteiger partial charge < -0.3 is 10.1 Å². The molecule has 7 heteroatoms. The molecule has 0 aliphatic rings. The summed E-state index contributed by atoms with van der Waals surface area (Å²) >= 11 is 0. The maximum Gasteiger partial charge on any atom is 0.255 e. The Bertz CT molecular complexity index is 835. The Morgan fingerprint density at radius 3 is 2.44 bits per heavy atom. The van der Waals surface area contributed by atoms with Crippen LogP contribution in [0.4, 0.5) is 5.69 Å². The molecule has 0 saturated heterocycles. The van der Waals surface area contributed by atoms with Gasteiger partial charge in [-0.15, -0.1) is 0 Å². The van der Waals surface area contributed by atoms with E-state index < -0.39 is 10.0 Å². The number of aryl methyl sites for hydroxylation is 1. The number of sulfonamides is 1. The summed E-state index contributed by atoms with van der Waals surface area (Å²) in [6, 6.07) is 13.1. The molecule has 0 bridgehead atoms. The number of amides is 1. The Balaban J connectivity index is 2.16. The molecule has 1 atom stereocenters. The van der Waals surface area contributed by atoms with Gasteiger partial charge in [0, 0.05) is 24.4 Å². The predicted octanol–water partition coefficient (Wildman–Crippen LogP) is 2.56. The van der Waals surface area contributed by atoms with Crippen LogP contribution in [0, 0.1) is 6.92 Å². The fourth-order valence-corrected chi connectivity index (χ4v) is 3.66. The first-order valence-corrected chi connectivity index (χ1v) is 9.30. The highest BCUT2D eigenvalue weighted by molar-refractivity contribution is 7.89. The van der Waals surface area contributed by atoms with Gasteiger partial charge in [-0.2, -0.15) is 0 Å². The summed E-state index contributed by atoms with van der Waals surface area (Å²) in [4.78, 5) is 12.4. The van der Waals surface area contributed by atoms with Crippen molar-refractivity contribution in [2.24, 2.45) is 0 Å². The molecule has 134 valence electrons. The number of hydrogen-bond acceptors (Lipinski definition) is 4. The maximum atomic E-state index is 12.4. The number of hydrogen-bond donors (Lipinski definition) is 2. The van der Waals surface area contributed by atoms with E-state index in [1.54, 1.807) is 44.2 Å². The van der Waals surface area contributed by atoms with E-state index in [0.717, 1.165) is 0 Å². The van der Waals surface area contributed by atoms with Crippen molar-refractivity contribution in [1.29, 1.82) is 0 Å². The van der Waals surface area contributed by atoms with E-state index in [2.05, 4.69) is 10.0 Å². The van der Waals surface area contributed by atoms with Gasteiger partial charge in [-0.05, 0) is 49.7 Å². The molecule has 0 radical (unpaired) electrons. The smallest absolute Gasteiger partial charge is 0.255 e. The van der Waals surface area contributed by atoms with Gasteiger partial charge in [0.1, 0.15) is 0 Å². The first-order valence-electron chi connectivity index (χ1n) is 7.82. The zero-order valence-corrected chi connectivity index (χ0v) is 15.3. The van der Waals surface area contributed by atoms with Gasteiger partial charge in [0.25, 0.3) is 5.91 Å². The van der Waals surface area contributed by atoms with Crippen LogP contribution in [0.1, 0.15) is 22.8 Å². The third-order valence-corrected chi connectivity index (χ3v) is 5.15. The van der Waals surface area contributed by atoms with Crippen molar-refractivity contribution in [2.75, 3.05) is 19.0 Å². The average Bonchev–Trinajstić information content (AvgIpc) is 2.57. The first kappa shape index (κ1) is 19.1. The summed E-state index contributed by atoms with van der Waals surface area (Å²) in [6.45, 7) is 3.75. The molecule has 2 aromatic rings. The van der Waals surface area contributed by atoms with E-state index in [-0.39, 0.29) is 23.5 Å². The predicted molar refractivity (Wildman–Crippen MR) is 97.2 cm³/mol. The lowest BCUT2D eigenvalue weighted by Crippen LogP contribution is -2.35. The van der Waals surface area contributed by atoms with Crippen molar-refractivity contribution in [3.63, 3.8) is 0 Å². The number of carbonyl (C=O) groups excluding carboxylic acids is 1. The van der Waals surface area contributed by atoms with Gasteiger partial charge in [-0.3, -0.25) is 4.79 Å². The molecular weight excluding hydrogens is 340 g/mol. The molecule has 2 N–H and O–H groups in total. The molecule has 2 rings (SSSR count). The van der Waals surface area contributed by atoms with E-state index in [1.165, 1.54) is 19.2 Å². The second kappa shape index (κ2) is 8.24. The van der Waals surface area contributed by atoms with E-state index in [1.807, 2.05) is 6.07 Å². The minimum absolute atomic E-state index is 0.144. The summed E-state index contributed by atoms with van der Waals surface area (Å²) in [5.41, 5.74) is 1.76. The second-order valence-corrected chi connectivity index (χ2v) is 7.49. The molecule has 0 unspecified atom stereocenters. The number of benzene rings is 2. The summed E-state index contributed by atoms with van der Waals surface area (Å²) in [5, 5.41) is 2.79. The van der Waals surface area contributed by atoms with Gasteiger partial charge >= 0.3 is 0 Å². The molecular formula is C18H22N2O4S. The van der Waals surface area contributed by atoms with Crippen molar-refractivity contribution in [3.05, 3.63) is 59.7 Å². The number of carbonyl (C=O) groups is 1. The van der Waals surface area contributed by atoms with E-state index in [4.69, 9.17) is 4.74 Å². The van der Waals surface area contributed by atoms with Crippen molar-refractivity contribution in [1.82, 2.24) is 4.72 Å². The maximum absolute atomic E-state index is 12.4. The quantitative estimate of drug-likeness (QED) is 0.793. The fourth-order valence-electron chi connectivity index (χ4n) is 2.34. The van der Waals surface area contributed by atoms with Crippen molar-refractivity contribution < 1.29 is 17.9 Å². The molecule has 0 aliphatic carbocycles. The molecule has 0 heterocycles. The largest absolute Gasteiger partial charge is 0.383 e. The van der Waals surface area contributed by atoms with E-state index >= 15 is 0 Å². The van der Waals surface area contributed by atoms with Gasteiger partial charge in [0.05, 0.1) is 11.5 Å². The Kier molecular flexibility index (Phi) is 6.30. The van der Waals surface area contributed by atoms with Crippen LogP contribution < -0.4 is 10.0 Å². The first-order chi connectivity index (χ1) is 11.8. The highest BCUT2D eigenvalue weighted by Gasteiger charge is 2.18. The molecule has 0 spiro atoms. The standard InChI is InChI=1S/C18H22N2O4S/c1-13-11-16(25(22,23)20-14(2)12-24-3)9-10-17(13)19-18(21)15-7-5-4-6-8-15/h4-11,14,20H,12H2,1-3H3,(H,19,21)/t14-/m0/s1. The highest BCUT2D eigenvalue weighted by Crippen LogP contribution is 2.20. The Hall–Kier alpha value is -2.22. The monoisotopic (exact) mass is 362 g/mol. The van der Waals surface area contributed by atoms with Crippen LogP contribution in [0.5, 0.6) is 0 Å². The number of ether oxygens (including phenoxy) is 1. The third-order valence-electron chi connectivity index (χ3n) is 3.57. The molecule has 1 amide bonds. The molecule has 2 aromatic carbocycles. The van der Waals surface area contributed by atoms with Crippen molar-refractivity contribution >= 4 is 21.6 Å². The van der Waals surface area contributed by atoms with Crippen LogP contribution in [0.3, 0.4) is 0 Å². The van der Waals surface area contributed by atoms with Crippen molar-refractivity contribution in [3.8, 4) is 0 Å². The van der Waals surface area contributed by atoms with Crippen LogP contribution in [0.25, 0.3) is 0 Å². The van der Waals surface area contributed by atoms with Gasteiger partial charge in [0.15, 0.2) is 0 Å². The molecule has 0 aromatic heterocycles. The van der Waals surface area contributed by atoms with Crippen LogP contribution in [-0.4, -0.2) is 34.1 Å². The molecule has 0 aliphatic heterocycles. The second-order valence-electron chi connectivity index (χ2n) is 5.77. The van der Waals surface area contributed by atoms with E-state index in [9.17, 15) is 13.2 Å². The normalized spacial score (nSPS) is 12.6. The lowest BCUT2D eigenvalue weighted by molar-refractivity contribution is 0.102. The summed E-state index contributed by atoms with van der Waals surface area (Å²) < 4.78 is 32.2. The summed E-state index contributed by atoms with van der Waals surface area (Å²) in [6.07, 6.45) is 0. The number of anilines is 1. The van der Waals surface area contributed by atoms with Crippen LogP contribution in [0.2, 0.25) is 0 Å². The van der Waals surface area contributed by atoms with Gasteiger partial charge in [0.2, 0.25) is 10.0 Å². The molecule has 0 saturated carbocycles. The summed E-state index contributed by atoms with van der Waals surface area (Å²) in [5.74, 6) is -0.244. The minimum Gasteiger partial charge on any atom is -0.383 e. The zero-order chi connectivity index (χ0) is 18.4. The molecule has 6 nitrogen and oxygen atoms in total. The van der Waals surface area contributed by atoms with Crippen LogP contribution >= 0.6 is 0 Å². The third kappa shape index (κ3) is 5.12. The highest BCUT2D eigenvalue weighted by atomic mass is 32.2. The Labute approximate surface area is 148 Å². The molecule has 0 fully saturated rings. The minimum atomic E-state index is -3.64. The lowest BCUT2D eigenvalue weighted by atomic mass is 10.1. The zero-order valence-electron chi connectivity index (χ0n) is 14.4. The number of nitrogens with one attached hydrogen (secondary N) is 2. The van der Waals surface area contributed by atoms with Gasteiger partial charge in [-0.25, -0.2) is 13.1 Å². The number of methoxy groups -OCH3 is 1. The summed E-state index contributed by atoms with van der Waals surface area (Å²) in [7, 11) is -2.13. The lowest BCUT2D eigenvalue weighted by Gasteiger charge is -2.15.